The number of fused-ring (bicyclic) bond motifs is 1. The number of amides is 2. The van der Waals surface area contributed by atoms with E-state index in [2.05, 4.69) is 10.6 Å². The van der Waals surface area contributed by atoms with Crippen LogP contribution < -0.4 is 15.4 Å². The van der Waals surface area contributed by atoms with E-state index in [1.165, 1.54) is 38.5 Å². The monoisotopic (exact) mass is 340 g/mol. The standard InChI is InChI=1S/C20H24N2O3/c23-18(10-20-7-12-3-13(8-20)5-14(4-12)9-20)21-15-1-2-16-17(6-15)25-11-19(24)22-16/h1-2,6,12-14H,3-5,7-11H2,(H,21,23)(H,22,24). The second kappa shape index (κ2) is 5.48. The zero-order valence-electron chi connectivity index (χ0n) is 14.3. The van der Waals surface area contributed by atoms with Gasteiger partial charge in [-0.2, -0.15) is 0 Å². The van der Waals surface area contributed by atoms with Gasteiger partial charge in [-0.25, -0.2) is 0 Å². The van der Waals surface area contributed by atoms with Crippen LogP contribution in [0.5, 0.6) is 5.75 Å². The lowest BCUT2D eigenvalue weighted by atomic mass is 9.49. The minimum Gasteiger partial charge on any atom is -0.482 e. The fourth-order valence-electron chi connectivity index (χ4n) is 6.20. The molecule has 5 aliphatic rings. The molecule has 0 spiro atoms. The Morgan fingerprint density at radius 2 is 1.84 bits per heavy atom. The van der Waals surface area contributed by atoms with Gasteiger partial charge >= 0.3 is 0 Å². The molecule has 4 bridgehead atoms. The van der Waals surface area contributed by atoms with Crippen molar-refractivity contribution in [1.82, 2.24) is 0 Å². The predicted octanol–water partition coefficient (Wildman–Crippen LogP) is 3.56. The molecular weight excluding hydrogens is 316 g/mol. The Morgan fingerprint density at radius 1 is 1.16 bits per heavy atom. The number of benzene rings is 1. The van der Waals surface area contributed by atoms with Crippen LogP contribution in [0.25, 0.3) is 0 Å². The molecular formula is C20H24N2O3. The molecule has 0 atom stereocenters. The Balaban J connectivity index is 1.27. The Morgan fingerprint density at radius 3 is 2.52 bits per heavy atom. The summed E-state index contributed by atoms with van der Waals surface area (Å²) in [5.74, 6) is 3.17. The normalized spacial score (nSPS) is 34.9. The maximum atomic E-state index is 12.7. The number of ether oxygens (including phenoxy) is 1. The lowest BCUT2D eigenvalue weighted by Crippen LogP contribution is -2.47. The Hall–Kier alpha value is -2.04. The molecule has 0 radical (unpaired) electrons. The van der Waals surface area contributed by atoms with Crippen molar-refractivity contribution in [1.29, 1.82) is 0 Å². The highest BCUT2D eigenvalue weighted by molar-refractivity contribution is 5.97. The van der Waals surface area contributed by atoms with Crippen LogP contribution in [0.3, 0.4) is 0 Å². The van der Waals surface area contributed by atoms with Gasteiger partial charge in [0.1, 0.15) is 5.75 Å². The minimum atomic E-state index is -0.147. The number of anilines is 2. The molecule has 6 rings (SSSR count). The summed E-state index contributed by atoms with van der Waals surface area (Å²) in [5, 5.41) is 5.81. The van der Waals surface area contributed by atoms with Gasteiger partial charge in [0.15, 0.2) is 6.61 Å². The zero-order chi connectivity index (χ0) is 17.0. The van der Waals surface area contributed by atoms with Crippen LogP contribution >= 0.6 is 0 Å². The molecule has 2 N–H and O–H groups in total. The van der Waals surface area contributed by atoms with E-state index in [0.717, 1.165) is 23.4 Å². The first kappa shape index (κ1) is 15.2. The third-order valence-electron chi connectivity index (χ3n) is 6.60. The molecule has 25 heavy (non-hydrogen) atoms. The highest BCUT2D eigenvalue weighted by Gasteiger charge is 2.51. The van der Waals surface area contributed by atoms with Gasteiger partial charge in [-0.05, 0) is 73.8 Å². The number of carbonyl (C=O) groups excluding carboxylic acids is 2. The maximum Gasteiger partial charge on any atom is 0.262 e. The molecule has 4 saturated carbocycles. The molecule has 132 valence electrons. The molecule has 1 heterocycles. The summed E-state index contributed by atoms with van der Waals surface area (Å²) >= 11 is 0. The summed E-state index contributed by atoms with van der Waals surface area (Å²) in [4.78, 5) is 24.0. The quantitative estimate of drug-likeness (QED) is 0.884. The molecule has 2 amide bonds. The molecule has 1 aliphatic heterocycles. The van der Waals surface area contributed by atoms with E-state index < -0.39 is 0 Å². The van der Waals surface area contributed by atoms with E-state index in [9.17, 15) is 9.59 Å². The Labute approximate surface area is 147 Å². The fourth-order valence-corrected chi connectivity index (χ4v) is 6.20. The number of rotatable bonds is 3. The molecule has 0 unspecified atom stereocenters. The van der Waals surface area contributed by atoms with Gasteiger partial charge in [-0.1, -0.05) is 0 Å². The molecule has 0 saturated heterocycles. The average Bonchev–Trinajstić information content (AvgIpc) is 2.53. The van der Waals surface area contributed by atoms with E-state index in [1.54, 1.807) is 12.1 Å². The van der Waals surface area contributed by atoms with Crippen LogP contribution in [0, 0.1) is 23.2 Å². The predicted molar refractivity (Wildman–Crippen MR) is 94.4 cm³/mol. The van der Waals surface area contributed by atoms with Crippen LogP contribution in [0.4, 0.5) is 11.4 Å². The van der Waals surface area contributed by atoms with Crippen LogP contribution in [-0.2, 0) is 9.59 Å². The van der Waals surface area contributed by atoms with Gasteiger partial charge in [0.25, 0.3) is 5.91 Å². The number of hydrogen-bond acceptors (Lipinski definition) is 3. The third-order valence-corrected chi connectivity index (χ3v) is 6.60. The molecule has 4 fully saturated rings. The van der Waals surface area contributed by atoms with Gasteiger partial charge in [0.2, 0.25) is 5.91 Å². The fraction of sp³-hybridized carbons (Fsp3) is 0.600. The van der Waals surface area contributed by atoms with Gasteiger partial charge in [-0.15, -0.1) is 0 Å². The molecule has 0 aromatic heterocycles. The van der Waals surface area contributed by atoms with Crippen molar-refractivity contribution >= 4 is 23.2 Å². The molecule has 4 aliphatic carbocycles. The molecule has 1 aromatic rings. The van der Waals surface area contributed by atoms with E-state index in [-0.39, 0.29) is 23.8 Å². The highest BCUT2D eigenvalue weighted by atomic mass is 16.5. The maximum absolute atomic E-state index is 12.7. The highest BCUT2D eigenvalue weighted by Crippen LogP contribution is 2.61. The number of carbonyl (C=O) groups is 2. The van der Waals surface area contributed by atoms with Crippen LogP contribution in [0.2, 0.25) is 0 Å². The summed E-state index contributed by atoms with van der Waals surface area (Å²) in [7, 11) is 0. The van der Waals surface area contributed by atoms with Crippen molar-refractivity contribution in [3.63, 3.8) is 0 Å². The first-order valence-corrected chi connectivity index (χ1v) is 9.43. The molecule has 5 heteroatoms. The topological polar surface area (TPSA) is 67.4 Å². The first-order chi connectivity index (χ1) is 12.1. The van der Waals surface area contributed by atoms with Crippen molar-refractivity contribution < 1.29 is 14.3 Å². The van der Waals surface area contributed by atoms with E-state index in [0.29, 0.717) is 17.9 Å². The molecule has 1 aromatic carbocycles. The second-order valence-electron chi connectivity index (χ2n) is 8.69. The number of nitrogens with one attached hydrogen (secondary N) is 2. The summed E-state index contributed by atoms with van der Waals surface area (Å²) in [6.45, 7) is 0.0255. The smallest absolute Gasteiger partial charge is 0.262 e. The minimum absolute atomic E-state index is 0.0255. The van der Waals surface area contributed by atoms with Gasteiger partial charge in [0, 0.05) is 18.2 Å². The number of hydrogen-bond donors (Lipinski definition) is 2. The van der Waals surface area contributed by atoms with E-state index >= 15 is 0 Å². The van der Waals surface area contributed by atoms with E-state index in [1.807, 2.05) is 6.07 Å². The molecule has 5 nitrogen and oxygen atoms in total. The van der Waals surface area contributed by atoms with Gasteiger partial charge in [-0.3, -0.25) is 9.59 Å². The van der Waals surface area contributed by atoms with Crippen molar-refractivity contribution in [3.8, 4) is 5.75 Å². The van der Waals surface area contributed by atoms with Gasteiger partial charge < -0.3 is 15.4 Å². The Bertz CT molecular complexity index is 707. The SMILES string of the molecule is O=C(CC12CC3CC(CC(C3)C1)C2)Nc1ccc2c(c1)OCC(=O)N2. The average molecular weight is 340 g/mol. The summed E-state index contributed by atoms with van der Waals surface area (Å²) in [6, 6.07) is 5.41. The van der Waals surface area contributed by atoms with Crippen LogP contribution in [0.15, 0.2) is 18.2 Å². The Kier molecular flexibility index (Phi) is 3.34. The van der Waals surface area contributed by atoms with Crippen molar-refractivity contribution in [2.24, 2.45) is 23.2 Å². The van der Waals surface area contributed by atoms with E-state index in [4.69, 9.17) is 4.74 Å². The van der Waals surface area contributed by atoms with Crippen molar-refractivity contribution in [3.05, 3.63) is 18.2 Å². The summed E-state index contributed by atoms with van der Waals surface area (Å²) in [5.41, 5.74) is 1.65. The van der Waals surface area contributed by atoms with Crippen molar-refractivity contribution in [2.75, 3.05) is 17.2 Å². The lowest BCUT2D eigenvalue weighted by Gasteiger charge is -2.56. The second-order valence-corrected chi connectivity index (χ2v) is 8.69. The summed E-state index contributed by atoms with van der Waals surface area (Å²) in [6.07, 6.45) is 8.56. The zero-order valence-corrected chi connectivity index (χ0v) is 14.3. The third kappa shape index (κ3) is 2.79. The largest absolute Gasteiger partial charge is 0.482 e. The van der Waals surface area contributed by atoms with Gasteiger partial charge in [0.05, 0.1) is 5.69 Å². The van der Waals surface area contributed by atoms with Crippen molar-refractivity contribution in [2.45, 2.75) is 44.9 Å². The summed E-state index contributed by atoms with van der Waals surface area (Å²) < 4.78 is 5.43. The van der Waals surface area contributed by atoms with Crippen LogP contribution in [-0.4, -0.2) is 18.4 Å². The first-order valence-electron chi connectivity index (χ1n) is 9.43. The lowest BCUT2D eigenvalue weighted by molar-refractivity contribution is -0.124. The van der Waals surface area contributed by atoms with Crippen LogP contribution in [0.1, 0.15) is 44.9 Å².